The van der Waals surface area contributed by atoms with E-state index in [4.69, 9.17) is 23.7 Å². The minimum absolute atomic E-state index is 0.499. The van der Waals surface area contributed by atoms with Gasteiger partial charge < -0.3 is 74.7 Å². The zero-order valence-electron chi connectivity index (χ0n) is 17.6. The Morgan fingerprint density at radius 2 is 1.18 bits per heavy atom. The second kappa shape index (κ2) is 11.0. The van der Waals surface area contributed by atoms with Crippen molar-refractivity contribution in [2.45, 2.75) is 99.0 Å². The number of ether oxygens (including phenoxy) is 5. The van der Waals surface area contributed by atoms with Gasteiger partial charge in [0.1, 0.15) is 67.1 Å². The average molecular weight is 488 g/mol. The van der Waals surface area contributed by atoms with Crippen LogP contribution in [0.1, 0.15) is 6.92 Å². The summed E-state index contributed by atoms with van der Waals surface area (Å²) in [6, 6.07) is 0. The van der Waals surface area contributed by atoms with Crippen molar-refractivity contribution in [3.05, 3.63) is 0 Å². The fourth-order valence-electron chi connectivity index (χ4n) is 3.92. The van der Waals surface area contributed by atoms with Crippen LogP contribution in [0.4, 0.5) is 0 Å². The summed E-state index contributed by atoms with van der Waals surface area (Å²) >= 11 is 0. The van der Waals surface area contributed by atoms with Crippen LogP contribution in [0.2, 0.25) is 0 Å². The molecule has 3 heterocycles. The summed E-state index contributed by atoms with van der Waals surface area (Å²) in [7, 11) is 0. The molecule has 10 N–H and O–H groups in total. The predicted octanol–water partition coefficient (Wildman–Crippen LogP) is -6.55. The molecule has 194 valence electrons. The summed E-state index contributed by atoms with van der Waals surface area (Å²) in [5, 5.41) is 98.8. The number of aliphatic hydroxyl groups is 10. The second-order valence-corrected chi connectivity index (χ2v) is 8.36. The Hall–Kier alpha value is -0.600. The van der Waals surface area contributed by atoms with E-state index in [0.717, 1.165) is 0 Å². The first-order valence-electron chi connectivity index (χ1n) is 10.4. The molecule has 15 atom stereocenters. The standard InChI is InChI=1S/C18H32O15/c1-4-15(33-18-13(26)10(23)7(20)5(2-19)32-18)11(24)14(27)17(30-4)29-3-6-8(21)9(22)12(25)16(28)31-6/h4-28H,2-3H2,1H3/t4-,5+,6+,7+,8-,9-,10-,11+,12+,13+,14+,15-,16+,17+,18-/m0/s1. The van der Waals surface area contributed by atoms with E-state index in [1.165, 1.54) is 6.92 Å². The maximum atomic E-state index is 10.5. The first-order chi connectivity index (χ1) is 15.5. The quantitative estimate of drug-likeness (QED) is 0.167. The van der Waals surface area contributed by atoms with Crippen LogP contribution in [0, 0.1) is 0 Å². The van der Waals surface area contributed by atoms with Gasteiger partial charge in [-0.3, -0.25) is 0 Å². The van der Waals surface area contributed by atoms with Crippen molar-refractivity contribution in [2.24, 2.45) is 0 Å². The fourth-order valence-corrected chi connectivity index (χ4v) is 3.92. The smallest absolute Gasteiger partial charge is 0.187 e. The first-order valence-corrected chi connectivity index (χ1v) is 10.4. The lowest BCUT2D eigenvalue weighted by molar-refractivity contribution is -0.360. The largest absolute Gasteiger partial charge is 0.394 e. The molecule has 0 aromatic heterocycles. The third-order valence-corrected chi connectivity index (χ3v) is 6.03. The summed E-state index contributed by atoms with van der Waals surface area (Å²) in [5.41, 5.74) is 0. The Morgan fingerprint density at radius 1 is 0.606 bits per heavy atom. The first kappa shape index (κ1) is 27.0. The highest BCUT2D eigenvalue weighted by Gasteiger charge is 2.50. The van der Waals surface area contributed by atoms with Gasteiger partial charge in [0.25, 0.3) is 0 Å². The molecule has 0 spiro atoms. The summed E-state index contributed by atoms with van der Waals surface area (Å²) in [6.45, 7) is 0.259. The third-order valence-electron chi connectivity index (χ3n) is 6.03. The normalized spacial score (nSPS) is 53.7. The summed E-state index contributed by atoms with van der Waals surface area (Å²) in [5.74, 6) is 0. The molecule has 0 aromatic carbocycles. The highest BCUT2D eigenvalue weighted by atomic mass is 16.7. The maximum absolute atomic E-state index is 10.5. The van der Waals surface area contributed by atoms with E-state index in [-0.39, 0.29) is 0 Å². The lowest BCUT2D eigenvalue weighted by atomic mass is 9.97. The van der Waals surface area contributed by atoms with Crippen LogP contribution in [-0.2, 0) is 23.7 Å². The molecule has 15 nitrogen and oxygen atoms in total. The van der Waals surface area contributed by atoms with Crippen molar-refractivity contribution in [1.29, 1.82) is 0 Å². The maximum Gasteiger partial charge on any atom is 0.187 e. The summed E-state index contributed by atoms with van der Waals surface area (Å²) < 4.78 is 26.5. The average Bonchev–Trinajstić information content (AvgIpc) is 2.79. The lowest BCUT2D eigenvalue weighted by Gasteiger charge is -2.46. The molecule has 33 heavy (non-hydrogen) atoms. The van der Waals surface area contributed by atoms with Crippen LogP contribution in [0.3, 0.4) is 0 Å². The van der Waals surface area contributed by atoms with Crippen molar-refractivity contribution in [2.75, 3.05) is 13.2 Å². The number of aliphatic hydroxyl groups excluding tert-OH is 10. The molecule has 0 saturated carbocycles. The van der Waals surface area contributed by atoms with Gasteiger partial charge in [0.05, 0.1) is 19.3 Å². The number of hydrogen-bond donors (Lipinski definition) is 10. The van der Waals surface area contributed by atoms with E-state index < -0.39 is 105 Å². The topological polar surface area (TPSA) is 248 Å². The molecule has 0 bridgehead atoms. The van der Waals surface area contributed by atoms with Crippen molar-refractivity contribution in [1.82, 2.24) is 0 Å². The molecule has 0 aliphatic carbocycles. The molecule has 3 aliphatic heterocycles. The van der Waals surface area contributed by atoms with E-state index in [2.05, 4.69) is 0 Å². The van der Waals surface area contributed by atoms with Gasteiger partial charge in [-0.2, -0.15) is 0 Å². The van der Waals surface area contributed by atoms with Gasteiger partial charge in [-0.25, -0.2) is 0 Å². The molecule has 3 saturated heterocycles. The predicted molar refractivity (Wildman–Crippen MR) is 99.8 cm³/mol. The molecule has 3 rings (SSSR count). The van der Waals surface area contributed by atoms with Crippen LogP contribution >= 0.6 is 0 Å². The summed E-state index contributed by atoms with van der Waals surface area (Å²) in [6.07, 6.45) is -23.1. The van der Waals surface area contributed by atoms with E-state index in [0.29, 0.717) is 0 Å². The minimum atomic E-state index is -1.78. The van der Waals surface area contributed by atoms with Crippen LogP contribution in [0.25, 0.3) is 0 Å². The molecular weight excluding hydrogens is 456 g/mol. The Kier molecular flexibility index (Phi) is 8.99. The van der Waals surface area contributed by atoms with Crippen molar-refractivity contribution < 1.29 is 74.7 Å². The van der Waals surface area contributed by atoms with Crippen LogP contribution < -0.4 is 0 Å². The van der Waals surface area contributed by atoms with Gasteiger partial charge in [-0.15, -0.1) is 0 Å². The fraction of sp³-hybridized carbons (Fsp3) is 1.00. The van der Waals surface area contributed by atoms with E-state index in [9.17, 15) is 51.1 Å². The molecule has 3 aliphatic rings. The zero-order chi connectivity index (χ0) is 24.6. The molecule has 0 radical (unpaired) electrons. The third kappa shape index (κ3) is 5.48. The zero-order valence-corrected chi connectivity index (χ0v) is 17.6. The second-order valence-electron chi connectivity index (χ2n) is 8.36. The monoisotopic (exact) mass is 488 g/mol. The van der Waals surface area contributed by atoms with Crippen LogP contribution in [0.5, 0.6) is 0 Å². The van der Waals surface area contributed by atoms with Crippen molar-refractivity contribution in [3.8, 4) is 0 Å². The Labute approximate surface area is 187 Å². The molecule has 0 aromatic rings. The highest BCUT2D eigenvalue weighted by Crippen LogP contribution is 2.30. The van der Waals surface area contributed by atoms with Crippen LogP contribution in [0.15, 0.2) is 0 Å². The van der Waals surface area contributed by atoms with E-state index in [1.807, 2.05) is 0 Å². The van der Waals surface area contributed by atoms with Crippen molar-refractivity contribution in [3.63, 3.8) is 0 Å². The van der Waals surface area contributed by atoms with E-state index >= 15 is 0 Å². The minimum Gasteiger partial charge on any atom is -0.394 e. The number of rotatable bonds is 6. The summed E-state index contributed by atoms with van der Waals surface area (Å²) in [4.78, 5) is 0. The SMILES string of the molecule is C[C@@H]1O[C@@H](OC[C@H]2O[C@@H](O)[C@H](O)[C@@H](O)[C@H]2O)[C@H](O)[C@@H](O)[C@H]1O[C@@H]1O[C@H](CO)[C@@H](O)[C@H](O)[C@H]1O. The molecule has 3 fully saturated rings. The molecule has 0 unspecified atom stereocenters. The highest BCUT2D eigenvalue weighted by molar-refractivity contribution is 4.94. The van der Waals surface area contributed by atoms with Gasteiger partial charge in [0.2, 0.25) is 0 Å². The Bertz CT molecular complexity index is 624. The Morgan fingerprint density at radius 3 is 1.82 bits per heavy atom. The van der Waals surface area contributed by atoms with Gasteiger partial charge in [0, 0.05) is 0 Å². The molecular formula is C18H32O15. The molecule has 0 amide bonds. The lowest BCUT2D eigenvalue weighted by Crippen LogP contribution is -2.64. The molecule has 15 heteroatoms. The van der Waals surface area contributed by atoms with Gasteiger partial charge >= 0.3 is 0 Å². The van der Waals surface area contributed by atoms with Gasteiger partial charge in [0.15, 0.2) is 18.9 Å². The van der Waals surface area contributed by atoms with Gasteiger partial charge in [-0.05, 0) is 6.92 Å². The van der Waals surface area contributed by atoms with E-state index in [1.54, 1.807) is 0 Å². The Balaban J connectivity index is 1.59. The van der Waals surface area contributed by atoms with Crippen LogP contribution in [-0.4, -0.2) is 156 Å². The number of hydrogen-bond acceptors (Lipinski definition) is 15. The van der Waals surface area contributed by atoms with Gasteiger partial charge in [-0.1, -0.05) is 0 Å². The van der Waals surface area contributed by atoms with Crippen molar-refractivity contribution >= 4 is 0 Å².